The van der Waals surface area contributed by atoms with Crippen LogP contribution in [-0.2, 0) is 0 Å². The minimum absolute atomic E-state index is 0.0756. The third kappa shape index (κ3) is 2.39. The molecular formula is C16H23N3O. The number of nitrogen functional groups attached to an aromatic ring is 1. The lowest BCUT2D eigenvalue weighted by atomic mass is 9.78. The number of nitrogens with two attached hydrogens (primary N) is 1. The Morgan fingerprint density at radius 1 is 1.30 bits per heavy atom. The Morgan fingerprint density at radius 3 is 2.85 bits per heavy atom. The summed E-state index contributed by atoms with van der Waals surface area (Å²) in [6.07, 6.45) is 9.01. The summed E-state index contributed by atoms with van der Waals surface area (Å²) in [5.74, 6) is 0.771. The van der Waals surface area contributed by atoms with Crippen molar-refractivity contribution in [2.24, 2.45) is 5.92 Å². The van der Waals surface area contributed by atoms with Crippen molar-refractivity contribution in [1.29, 1.82) is 0 Å². The van der Waals surface area contributed by atoms with Gasteiger partial charge in [0.2, 0.25) is 0 Å². The highest BCUT2D eigenvalue weighted by Gasteiger charge is 2.36. The zero-order valence-corrected chi connectivity index (χ0v) is 12.1. The summed E-state index contributed by atoms with van der Waals surface area (Å²) < 4.78 is 0. The number of anilines is 1. The van der Waals surface area contributed by atoms with Crippen molar-refractivity contribution in [2.45, 2.75) is 51.5 Å². The standard InChI is InChI=1S/C16H23N3O/c1-11-9-14(17)13(10-18-11)16(20)19-8-4-6-12-5-2-3-7-15(12)19/h9-10,12,15H,2-8H2,1H3,(H2,17,18)/t12-,15-/m1/s1. The van der Waals surface area contributed by atoms with Crippen LogP contribution in [0.4, 0.5) is 5.69 Å². The van der Waals surface area contributed by atoms with Crippen LogP contribution in [0.5, 0.6) is 0 Å². The molecular weight excluding hydrogens is 250 g/mol. The number of rotatable bonds is 1. The molecule has 1 aliphatic carbocycles. The maximum Gasteiger partial charge on any atom is 0.257 e. The van der Waals surface area contributed by atoms with E-state index in [1.807, 2.05) is 6.92 Å². The number of piperidine rings is 1. The molecule has 20 heavy (non-hydrogen) atoms. The number of hydrogen-bond acceptors (Lipinski definition) is 3. The van der Waals surface area contributed by atoms with Crippen LogP contribution in [0.15, 0.2) is 12.3 Å². The molecule has 0 radical (unpaired) electrons. The maximum absolute atomic E-state index is 12.8. The summed E-state index contributed by atoms with van der Waals surface area (Å²) >= 11 is 0. The van der Waals surface area contributed by atoms with E-state index >= 15 is 0 Å². The van der Waals surface area contributed by atoms with Gasteiger partial charge in [0, 0.05) is 30.2 Å². The highest BCUT2D eigenvalue weighted by atomic mass is 16.2. The fraction of sp³-hybridized carbons (Fsp3) is 0.625. The molecule has 1 saturated heterocycles. The van der Waals surface area contributed by atoms with Crippen LogP contribution in [0.2, 0.25) is 0 Å². The number of pyridine rings is 1. The molecule has 3 rings (SSSR count). The monoisotopic (exact) mass is 273 g/mol. The fourth-order valence-electron chi connectivity index (χ4n) is 3.79. The largest absolute Gasteiger partial charge is 0.398 e. The van der Waals surface area contributed by atoms with Gasteiger partial charge in [0.15, 0.2) is 0 Å². The SMILES string of the molecule is Cc1cc(N)c(C(=O)N2CCC[C@H]3CCCC[C@H]32)cn1. The van der Waals surface area contributed by atoms with Gasteiger partial charge in [0.1, 0.15) is 0 Å². The first-order valence-electron chi connectivity index (χ1n) is 7.70. The number of aryl methyl sites for hydroxylation is 1. The Kier molecular flexibility index (Phi) is 3.64. The van der Waals surface area contributed by atoms with Gasteiger partial charge in [-0.05, 0) is 44.6 Å². The van der Waals surface area contributed by atoms with Gasteiger partial charge in [-0.2, -0.15) is 0 Å². The summed E-state index contributed by atoms with van der Waals surface area (Å²) in [5.41, 5.74) is 7.99. The van der Waals surface area contributed by atoms with E-state index in [1.165, 1.54) is 25.7 Å². The predicted octanol–water partition coefficient (Wildman–Crippen LogP) is 2.77. The number of carbonyl (C=O) groups is 1. The molecule has 1 saturated carbocycles. The van der Waals surface area contributed by atoms with Crippen molar-refractivity contribution >= 4 is 11.6 Å². The average Bonchev–Trinajstić information content (AvgIpc) is 2.46. The lowest BCUT2D eigenvalue weighted by Crippen LogP contribution is -2.49. The van der Waals surface area contributed by atoms with Crippen molar-refractivity contribution in [2.75, 3.05) is 12.3 Å². The zero-order valence-electron chi connectivity index (χ0n) is 12.1. The van der Waals surface area contributed by atoms with Gasteiger partial charge in [-0.25, -0.2) is 0 Å². The van der Waals surface area contributed by atoms with Crippen LogP contribution in [-0.4, -0.2) is 28.4 Å². The van der Waals surface area contributed by atoms with Gasteiger partial charge in [0.25, 0.3) is 5.91 Å². The topological polar surface area (TPSA) is 59.2 Å². The molecule has 4 heteroatoms. The molecule has 1 aromatic rings. The molecule has 0 unspecified atom stereocenters. The normalized spacial score (nSPS) is 26.1. The summed E-state index contributed by atoms with van der Waals surface area (Å²) in [6.45, 7) is 2.76. The van der Waals surface area contributed by atoms with Gasteiger partial charge in [-0.15, -0.1) is 0 Å². The van der Waals surface area contributed by atoms with Crippen molar-refractivity contribution in [3.05, 3.63) is 23.5 Å². The Balaban J connectivity index is 1.85. The van der Waals surface area contributed by atoms with Gasteiger partial charge in [0.05, 0.1) is 5.56 Å². The lowest BCUT2D eigenvalue weighted by Gasteiger charge is -2.44. The molecule has 2 atom stereocenters. The molecule has 2 aliphatic rings. The van der Waals surface area contributed by atoms with Crippen LogP contribution in [0.1, 0.15) is 54.6 Å². The van der Waals surface area contributed by atoms with Crippen LogP contribution in [0.3, 0.4) is 0 Å². The smallest absolute Gasteiger partial charge is 0.257 e. The molecule has 1 aliphatic heterocycles. The molecule has 2 N–H and O–H groups in total. The zero-order chi connectivity index (χ0) is 14.1. The van der Waals surface area contributed by atoms with E-state index < -0.39 is 0 Å². The van der Waals surface area contributed by atoms with Crippen LogP contribution < -0.4 is 5.73 Å². The maximum atomic E-state index is 12.8. The quantitative estimate of drug-likeness (QED) is 0.856. The van der Waals surface area contributed by atoms with Crippen molar-refractivity contribution in [3.8, 4) is 0 Å². The van der Waals surface area contributed by atoms with E-state index in [2.05, 4.69) is 9.88 Å². The number of carbonyl (C=O) groups excluding carboxylic acids is 1. The summed E-state index contributed by atoms with van der Waals surface area (Å²) in [5, 5.41) is 0. The Bertz CT molecular complexity index is 512. The van der Waals surface area contributed by atoms with Gasteiger partial charge >= 0.3 is 0 Å². The molecule has 1 amide bonds. The second kappa shape index (κ2) is 5.43. The Morgan fingerprint density at radius 2 is 2.05 bits per heavy atom. The molecule has 4 nitrogen and oxygen atoms in total. The molecule has 0 spiro atoms. The predicted molar refractivity (Wildman–Crippen MR) is 79.4 cm³/mol. The third-order valence-electron chi connectivity index (χ3n) is 4.81. The number of likely N-dealkylation sites (tertiary alicyclic amines) is 1. The number of fused-ring (bicyclic) bond motifs is 1. The van der Waals surface area contributed by atoms with E-state index in [0.29, 0.717) is 23.2 Å². The first-order chi connectivity index (χ1) is 9.66. The fourth-order valence-corrected chi connectivity index (χ4v) is 3.79. The van der Waals surface area contributed by atoms with E-state index in [4.69, 9.17) is 5.73 Å². The van der Waals surface area contributed by atoms with Gasteiger partial charge in [-0.3, -0.25) is 9.78 Å². The first-order valence-corrected chi connectivity index (χ1v) is 7.70. The number of hydrogen-bond donors (Lipinski definition) is 1. The lowest BCUT2D eigenvalue weighted by molar-refractivity contribution is 0.0391. The Hall–Kier alpha value is -1.58. The highest BCUT2D eigenvalue weighted by molar-refractivity contribution is 5.99. The number of nitrogens with zero attached hydrogens (tertiary/aromatic N) is 2. The summed E-state index contributed by atoms with van der Waals surface area (Å²) in [7, 11) is 0. The van der Waals surface area contributed by atoms with Gasteiger partial charge < -0.3 is 10.6 Å². The van der Waals surface area contributed by atoms with E-state index in [1.54, 1.807) is 12.3 Å². The van der Waals surface area contributed by atoms with Crippen molar-refractivity contribution < 1.29 is 4.79 Å². The summed E-state index contributed by atoms with van der Waals surface area (Å²) in [6, 6.07) is 2.21. The molecule has 108 valence electrons. The van der Waals surface area contributed by atoms with E-state index in [-0.39, 0.29) is 5.91 Å². The molecule has 2 heterocycles. The highest BCUT2D eigenvalue weighted by Crippen LogP contribution is 2.36. The molecule has 0 bridgehead atoms. The minimum Gasteiger partial charge on any atom is -0.398 e. The second-order valence-electron chi connectivity index (χ2n) is 6.17. The Labute approximate surface area is 120 Å². The van der Waals surface area contributed by atoms with E-state index in [0.717, 1.165) is 25.1 Å². The van der Waals surface area contributed by atoms with Crippen LogP contribution in [0.25, 0.3) is 0 Å². The number of aromatic nitrogens is 1. The average molecular weight is 273 g/mol. The summed E-state index contributed by atoms with van der Waals surface area (Å²) in [4.78, 5) is 19.1. The van der Waals surface area contributed by atoms with Crippen LogP contribution in [0, 0.1) is 12.8 Å². The first kappa shape index (κ1) is 13.4. The molecule has 1 aromatic heterocycles. The van der Waals surface area contributed by atoms with E-state index in [9.17, 15) is 4.79 Å². The molecule has 2 fully saturated rings. The molecule has 0 aromatic carbocycles. The van der Waals surface area contributed by atoms with Crippen molar-refractivity contribution in [1.82, 2.24) is 9.88 Å². The third-order valence-corrected chi connectivity index (χ3v) is 4.81. The minimum atomic E-state index is 0.0756. The van der Waals surface area contributed by atoms with Crippen molar-refractivity contribution in [3.63, 3.8) is 0 Å². The van der Waals surface area contributed by atoms with Gasteiger partial charge in [-0.1, -0.05) is 12.8 Å². The number of amides is 1. The second-order valence-corrected chi connectivity index (χ2v) is 6.17. The van der Waals surface area contributed by atoms with Crippen LogP contribution >= 0.6 is 0 Å².